The number of hydrogen-bond donors (Lipinski definition) is 1. The lowest BCUT2D eigenvalue weighted by molar-refractivity contribution is -0.150. The first-order valence-corrected chi connectivity index (χ1v) is 8.54. The predicted octanol–water partition coefficient (Wildman–Crippen LogP) is 3.62. The molecule has 1 heterocycles. The van der Waals surface area contributed by atoms with Crippen LogP contribution in [0.3, 0.4) is 0 Å². The Balaban J connectivity index is 1.52. The van der Waals surface area contributed by atoms with E-state index in [1.54, 1.807) is 0 Å². The van der Waals surface area contributed by atoms with E-state index in [4.69, 9.17) is 4.74 Å². The fourth-order valence-corrected chi connectivity index (χ4v) is 4.71. The van der Waals surface area contributed by atoms with Crippen LogP contribution in [-0.2, 0) is 11.2 Å². The summed E-state index contributed by atoms with van der Waals surface area (Å²) in [5.74, 6) is 0. The number of nitrogens with one attached hydrogen (secondary N) is 1. The molecule has 1 N–H and O–H groups in total. The zero-order valence-corrected chi connectivity index (χ0v) is 12.7. The smallest absolute Gasteiger partial charge is 0.0661 e. The van der Waals surface area contributed by atoms with Crippen molar-refractivity contribution in [2.24, 2.45) is 5.41 Å². The molecular formula is C16H25NOS. The molecule has 1 aromatic rings. The van der Waals surface area contributed by atoms with Crippen LogP contribution in [0.4, 0.5) is 0 Å². The fraction of sp³-hybridized carbons (Fsp3) is 0.750. The van der Waals surface area contributed by atoms with Gasteiger partial charge in [0, 0.05) is 22.8 Å². The normalized spacial score (nSPS) is 29.3. The Hall–Kier alpha value is -0.380. The van der Waals surface area contributed by atoms with Crippen LogP contribution in [-0.4, -0.2) is 25.8 Å². The van der Waals surface area contributed by atoms with Crippen molar-refractivity contribution in [3.05, 3.63) is 22.4 Å². The van der Waals surface area contributed by atoms with Gasteiger partial charge in [-0.25, -0.2) is 0 Å². The van der Waals surface area contributed by atoms with Crippen molar-refractivity contribution in [2.45, 2.75) is 57.1 Å². The van der Waals surface area contributed by atoms with Crippen LogP contribution in [0.2, 0.25) is 0 Å². The summed E-state index contributed by atoms with van der Waals surface area (Å²) in [6.07, 6.45) is 9.72. The van der Waals surface area contributed by atoms with Crippen LogP contribution in [0.15, 0.2) is 17.5 Å². The van der Waals surface area contributed by atoms with E-state index < -0.39 is 0 Å². The van der Waals surface area contributed by atoms with Crippen molar-refractivity contribution in [1.82, 2.24) is 5.32 Å². The Morgan fingerprint density at radius 2 is 2.21 bits per heavy atom. The van der Waals surface area contributed by atoms with Gasteiger partial charge in [0.15, 0.2) is 0 Å². The first-order chi connectivity index (χ1) is 9.35. The molecule has 3 heteroatoms. The molecule has 3 rings (SSSR count). The number of hydrogen-bond acceptors (Lipinski definition) is 3. The molecule has 2 atom stereocenters. The molecule has 0 aliphatic heterocycles. The molecule has 0 saturated heterocycles. The number of rotatable bonds is 5. The lowest BCUT2D eigenvalue weighted by Crippen LogP contribution is -2.63. The van der Waals surface area contributed by atoms with Crippen molar-refractivity contribution in [2.75, 3.05) is 13.7 Å². The molecule has 2 saturated carbocycles. The Morgan fingerprint density at radius 3 is 2.89 bits per heavy atom. The van der Waals surface area contributed by atoms with Crippen molar-refractivity contribution >= 4 is 11.3 Å². The third-order valence-corrected chi connectivity index (χ3v) is 6.10. The molecule has 0 radical (unpaired) electrons. The second kappa shape index (κ2) is 5.94. The summed E-state index contributed by atoms with van der Waals surface area (Å²) in [5, 5.41) is 5.67. The second-order valence-electron chi connectivity index (χ2n) is 6.06. The summed E-state index contributed by atoms with van der Waals surface area (Å²) in [5.41, 5.74) is 0.461. The zero-order valence-electron chi connectivity index (χ0n) is 11.9. The summed E-state index contributed by atoms with van der Waals surface area (Å²) in [6, 6.07) is 5.03. The second-order valence-corrected chi connectivity index (χ2v) is 7.09. The molecule has 0 aromatic carbocycles. The van der Waals surface area contributed by atoms with Crippen LogP contribution < -0.4 is 5.32 Å². The largest absolute Gasteiger partial charge is 0.377 e. The quantitative estimate of drug-likeness (QED) is 0.889. The third-order valence-electron chi connectivity index (χ3n) is 5.17. The summed E-state index contributed by atoms with van der Waals surface area (Å²) in [6.45, 7) is 0.892. The predicted molar refractivity (Wildman–Crippen MR) is 80.7 cm³/mol. The zero-order chi connectivity index (χ0) is 13.1. The summed E-state index contributed by atoms with van der Waals surface area (Å²) in [4.78, 5) is 1.45. The highest BCUT2D eigenvalue weighted by molar-refractivity contribution is 7.09. The fourth-order valence-electron chi connectivity index (χ4n) is 4.02. The van der Waals surface area contributed by atoms with Crippen molar-refractivity contribution in [3.63, 3.8) is 0 Å². The van der Waals surface area contributed by atoms with E-state index in [0.29, 0.717) is 17.6 Å². The minimum absolute atomic E-state index is 0.461. The molecule has 19 heavy (non-hydrogen) atoms. The summed E-state index contributed by atoms with van der Waals surface area (Å²) in [7, 11) is 2.11. The van der Waals surface area contributed by atoms with E-state index in [-0.39, 0.29) is 0 Å². The maximum absolute atomic E-state index is 6.24. The maximum Gasteiger partial charge on any atom is 0.0661 e. The van der Waals surface area contributed by atoms with Crippen LogP contribution in [0.1, 0.15) is 43.4 Å². The van der Waals surface area contributed by atoms with Crippen LogP contribution >= 0.6 is 11.3 Å². The van der Waals surface area contributed by atoms with Gasteiger partial charge in [0.25, 0.3) is 0 Å². The van der Waals surface area contributed by atoms with Gasteiger partial charge in [-0.05, 0) is 37.8 Å². The van der Waals surface area contributed by atoms with Crippen molar-refractivity contribution < 1.29 is 4.74 Å². The molecular weight excluding hydrogens is 254 g/mol. The number of thiophene rings is 1. The minimum atomic E-state index is 0.461. The molecule has 2 nitrogen and oxygen atoms in total. The van der Waals surface area contributed by atoms with Crippen molar-refractivity contribution in [1.29, 1.82) is 0 Å². The SMILES string of the molecule is CNC1CC(OCCc2cccs2)C12CCCCC2. The minimum Gasteiger partial charge on any atom is -0.377 e. The molecule has 0 amide bonds. The van der Waals surface area contributed by atoms with E-state index >= 15 is 0 Å². The Bertz CT molecular complexity index is 383. The van der Waals surface area contributed by atoms with Crippen LogP contribution in [0.5, 0.6) is 0 Å². The third kappa shape index (κ3) is 2.61. The van der Waals surface area contributed by atoms with E-state index in [0.717, 1.165) is 13.0 Å². The molecule has 2 unspecified atom stereocenters. The van der Waals surface area contributed by atoms with E-state index in [1.165, 1.54) is 43.4 Å². The van der Waals surface area contributed by atoms with Gasteiger partial charge in [-0.15, -0.1) is 11.3 Å². The van der Waals surface area contributed by atoms with Gasteiger partial charge < -0.3 is 10.1 Å². The van der Waals surface area contributed by atoms with Gasteiger partial charge >= 0.3 is 0 Å². The Labute approximate surface area is 120 Å². The lowest BCUT2D eigenvalue weighted by atomic mass is 9.55. The molecule has 2 aliphatic carbocycles. The first-order valence-electron chi connectivity index (χ1n) is 7.66. The van der Waals surface area contributed by atoms with Gasteiger partial charge in [0.05, 0.1) is 12.7 Å². The highest BCUT2D eigenvalue weighted by Gasteiger charge is 2.54. The topological polar surface area (TPSA) is 21.3 Å². The van der Waals surface area contributed by atoms with E-state index in [2.05, 4.69) is 29.9 Å². The van der Waals surface area contributed by atoms with Crippen LogP contribution in [0.25, 0.3) is 0 Å². The average Bonchev–Trinajstić information content (AvgIpc) is 2.96. The first kappa shape index (κ1) is 13.6. The molecule has 1 aromatic heterocycles. The highest BCUT2D eigenvalue weighted by Crippen LogP contribution is 2.53. The Morgan fingerprint density at radius 1 is 1.37 bits per heavy atom. The highest BCUT2D eigenvalue weighted by atomic mass is 32.1. The van der Waals surface area contributed by atoms with Gasteiger partial charge in [-0.1, -0.05) is 25.3 Å². The standard InChI is InChI=1S/C16H25NOS/c1-17-14-12-15(16(14)8-3-2-4-9-16)18-10-7-13-6-5-11-19-13/h5-6,11,14-15,17H,2-4,7-10,12H2,1H3. The number of ether oxygens (including phenoxy) is 1. The van der Waals surface area contributed by atoms with Crippen molar-refractivity contribution in [3.8, 4) is 0 Å². The summed E-state index contributed by atoms with van der Waals surface area (Å²) >= 11 is 1.84. The van der Waals surface area contributed by atoms with E-state index in [9.17, 15) is 0 Å². The maximum atomic E-state index is 6.24. The van der Waals surface area contributed by atoms with Gasteiger partial charge in [-0.2, -0.15) is 0 Å². The van der Waals surface area contributed by atoms with E-state index in [1.807, 2.05) is 11.3 Å². The van der Waals surface area contributed by atoms with Gasteiger partial charge in [0.1, 0.15) is 0 Å². The summed E-state index contributed by atoms with van der Waals surface area (Å²) < 4.78 is 6.24. The molecule has 106 valence electrons. The molecule has 0 bridgehead atoms. The molecule has 1 spiro atoms. The van der Waals surface area contributed by atoms with Gasteiger partial charge in [-0.3, -0.25) is 0 Å². The van der Waals surface area contributed by atoms with Crippen LogP contribution in [0, 0.1) is 5.41 Å². The lowest BCUT2D eigenvalue weighted by Gasteiger charge is -2.57. The molecule has 2 fully saturated rings. The van der Waals surface area contributed by atoms with Gasteiger partial charge in [0.2, 0.25) is 0 Å². The monoisotopic (exact) mass is 279 g/mol. The Kier molecular flexibility index (Phi) is 4.25. The average molecular weight is 279 g/mol. The molecule has 2 aliphatic rings.